The van der Waals surface area contributed by atoms with Crippen molar-refractivity contribution in [3.8, 4) is 5.75 Å². The van der Waals surface area contributed by atoms with Gasteiger partial charge in [0.05, 0.1) is 5.69 Å². The largest absolute Gasteiger partial charge is 0.479 e. The lowest BCUT2D eigenvalue weighted by Gasteiger charge is -2.45. The predicted octanol–water partition coefficient (Wildman–Crippen LogP) is 3.39. The third-order valence-electron chi connectivity index (χ3n) is 5.19. The van der Waals surface area contributed by atoms with Crippen LogP contribution in [0.2, 0.25) is 0 Å². The van der Waals surface area contributed by atoms with Crippen LogP contribution in [0.15, 0.2) is 48.8 Å². The van der Waals surface area contributed by atoms with E-state index in [4.69, 9.17) is 9.47 Å². The zero-order chi connectivity index (χ0) is 17.6. The minimum Gasteiger partial charge on any atom is -0.479 e. The fourth-order valence-electron chi connectivity index (χ4n) is 3.86. The summed E-state index contributed by atoms with van der Waals surface area (Å²) in [5.74, 6) is 0.679. The molecule has 1 aromatic carbocycles. The lowest BCUT2D eigenvalue weighted by atomic mass is 9.79. The highest BCUT2D eigenvalue weighted by Crippen LogP contribution is 2.49. The first-order chi connectivity index (χ1) is 12.1. The molecule has 5 nitrogen and oxygen atoms in total. The van der Waals surface area contributed by atoms with Gasteiger partial charge < -0.3 is 19.0 Å². The van der Waals surface area contributed by atoms with Gasteiger partial charge in [-0.3, -0.25) is 0 Å². The van der Waals surface area contributed by atoms with Crippen LogP contribution in [-0.2, 0) is 10.3 Å². The first-order valence-corrected chi connectivity index (χ1v) is 8.54. The standard InChI is InChI=1S/C20H22N2O3/c1-4-20(24-3)15-10-11-22-12-13(2)21-19(22)17(15)25-16(18(20)23)14-8-6-5-7-9-14/h5-12,16,18,23H,4H2,1-3H3/t16-,18?,20?/m1/s1. The number of aromatic nitrogens is 2. The summed E-state index contributed by atoms with van der Waals surface area (Å²) in [6, 6.07) is 11.7. The maximum atomic E-state index is 11.2. The highest BCUT2D eigenvalue weighted by Gasteiger charge is 2.50. The van der Waals surface area contributed by atoms with Crippen molar-refractivity contribution in [3.05, 3.63) is 65.6 Å². The number of hydrogen-bond acceptors (Lipinski definition) is 4. The molecule has 0 amide bonds. The Morgan fingerprint density at radius 3 is 2.72 bits per heavy atom. The van der Waals surface area contributed by atoms with Gasteiger partial charge in [0.1, 0.15) is 11.7 Å². The molecule has 4 rings (SSSR count). The van der Waals surface area contributed by atoms with E-state index in [9.17, 15) is 5.11 Å². The average Bonchev–Trinajstić information content (AvgIpc) is 3.03. The quantitative estimate of drug-likeness (QED) is 0.795. The number of aliphatic hydroxyl groups is 1. The number of rotatable bonds is 3. The molecule has 1 aliphatic heterocycles. The van der Waals surface area contributed by atoms with Crippen molar-refractivity contribution in [1.29, 1.82) is 0 Å². The molecule has 2 unspecified atom stereocenters. The molecule has 0 aliphatic carbocycles. The monoisotopic (exact) mass is 338 g/mol. The zero-order valence-electron chi connectivity index (χ0n) is 14.6. The van der Waals surface area contributed by atoms with Gasteiger partial charge in [-0.05, 0) is 25.0 Å². The normalized spacial score (nSPS) is 25.6. The summed E-state index contributed by atoms with van der Waals surface area (Å²) >= 11 is 0. The van der Waals surface area contributed by atoms with Crippen LogP contribution < -0.4 is 4.74 Å². The summed E-state index contributed by atoms with van der Waals surface area (Å²) in [5.41, 5.74) is 2.59. The van der Waals surface area contributed by atoms with Gasteiger partial charge in [-0.1, -0.05) is 37.3 Å². The van der Waals surface area contributed by atoms with E-state index in [0.717, 1.165) is 22.5 Å². The Morgan fingerprint density at radius 1 is 1.28 bits per heavy atom. The Labute approximate surface area is 146 Å². The molecule has 0 radical (unpaired) electrons. The van der Waals surface area contributed by atoms with Gasteiger partial charge in [0, 0.05) is 25.1 Å². The molecule has 1 aliphatic rings. The van der Waals surface area contributed by atoms with Crippen molar-refractivity contribution in [2.45, 2.75) is 38.1 Å². The highest BCUT2D eigenvalue weighted by molar-refractivity contribution is 5.62. The molecule has 130 valence electrons. The predicted molar refractivity (Wildman–Crippen MR) is 94.7 cm³/mol. The summed E-state index contributed by atoms with van der Waals surface area (Å²) in [6.45, 7) is 3.97. The van der Waals surface area contributed by atoms with Crippen LogP contribution in [0.5, 0.6) is 5.75 Å². The van der Waals surface area contributed by atoms with Crippen LogP contribution in [0, 0.1) is 6.92 Å². The van der Waals surface area contributed by atoms with Crippen LogP contribution in [0.25, 0.3) is 5.65 Å². The van der Waals surface area contributed by atoms with Crippen LogP contribution in [-0.4, -0.2) is 27.7 Å². The van der Waals surface area contributed by atoms with E-state index in [2.05, 4.69) is 4.98 Å². The number of aryl methyl sites for hydroxylation is 1. The van der Waals surface area contributed by atoms with E-state index < -0.39 is 17.8 Å². The van der Waals surface area contributed by atoms with Gasteiger partial charge in [-0.2, -0.15) is 0 Å². The molecule has 3 atom stereocenters. The Kier molecular flexibility index (Phi) is 3.78. The molecule has 0 spiro atoms. The molecule has 0 saturated carbocycles. The maximum absolute atomic E-state index is 11.2. The third-order valence-corrected chi connectivity index (χ3v) is 5.19. The molecule has 3 aromatic rings. The number of hydrogen-bond donors (Lipinski definition) is 1. The average molecular weight is 338 g/mol. The summed E-state index contributed by atoms with van der Waals surface area (Å²) in [6.07, 6.45) is 3.19. The Hall–Kier alpha value is -2.37. The van der Waals surface area contributed by atoms with Crippen molar-refractivity contribution in [2.75, 3.05) is 7.11 Å². The SMILES string of the molecule is CCC1(OC)c2ccn3cc(C)nc3c2O[C@H](c2ccccc2)C1O. The molecule has 0 saturated heterocycles. The molecular formula is C20H22N2O3. The summed E-state index contributed by atoms with van der Waals surface area (Å²) in [7, 11) is 1.64. The first-order valence-electron chi connectivity index (χ1n) is 8.54. The molecule has 2 aromatic heterocycles. The lowest BCUT2D eigenvalue weighted by Crippen LogP contribution is -2.49. The molecule has 3 heterocycles. The number of ether oxygens (including phenoxy) is 2. The Morgan fingerprint density at radius 2 is 2.04 bits per heavy atom. The Balaban J connectivity index is 1.97. The highest BCUT2D eigenvalue weighted by atomic mass is 16.5. The van der Waals surface area contributed by atoms with Crippen LogP contribution in [0.1, 0.15) is 36.3 Å². The number of nitrogens with zero attached hydrogens (tertiary/aromatic N) is 2. The molecule has 1 N–H and O–H groups in total. The van der Waals surface area contributed by atoms with Gasteiger partial charge >= 0.3 is 0 Å². The van der Waals surface area contributed by atoms with Crippen LogP contribution >= 0.6 is 0 Å². The maximum Gasteiger partial charge on any atom is 0.180 e. The second kappa shape index (κ2) is 5.86. The van der Waals surface area contributed by atoms with E-state index in [0.29, 0.717) is 12.2 Å². The van der Waals surface area contributed by atoms with Crippen molar-refractivity contribution in [1.82, 2.24) is 9.38 Å². The summed E-state index contributed by atoms with van der Waals surface area (Å²) in [4.78, 5) is 4.61. The van der Waals surface area contributed by atoms with Gasteiger partial charge in [-0.15, -0.1) is 0 Å². The van der Waals surface area contributed by atoms with E-state index in [1.165, 1.54) is 0 Å². The van der Waals surface area contributed by atoms with Gasteiger partial charge in [0.15, 0.2) is 17.5 Å². The summed E-state index contributed by atoms with van der Waals surface area (Å²) in [5, 5.41) is 11.2. The molecular weight excluding hydrogens is 316 g/mol. The fourth-order valence-corrected chi connectivity index (χ4v) is 3.86. The van der Waals surface area contributed by atoms with E-state index in [1.54, 1.807) is 7.11 Å². The number of imidazole rings is 1. The number of benzene rings is 1. The first kappa shape index (κ1) is 16.1. The summed E-state index contributed by atoms with van der Waals surface area (Å²) < 4.78 is 14.2. The topological polar surface area (TPSA) is 56.0 Å². The van der Waals surface area contributed by atoms with Crippen molar-refractivity contribution in [2.24, 2.45) is 0 Å². The number of pyridine rings is 1. The smallest absolute Gasteiger partial charge is 0.180 e. The van der Waals surface area contributed by atoms with Crippen molar-refractivity contribution in [3.63, 3.8) is 0 Å². The van der Waals surface area contributed by atoms with Gasteiger partial charge in [0.2, 0.25) is 0 Å². The third kappa shape index (κ3) is 2.27. The van der Waals surface area contributed by atoms with Crippen LogP contribution in [0.3, 0.4) is 0 Å². The molecule has 0 bridgehead atoms. The van der Waals surface area contributed by atoms with E-state index in [-0.39, 0.29) is 0 Å². The number of aliphatic hydroxyl groups excluding tert-OH is 1. The second-order valence-corrected chi connectivity index (χ2v) is 6.51. The molecule has 25 heavy (non-hydrogen) atoms. The minimum absolute atomic E-state index is 0.517. The zero-order valence-corrected chi connectivity index (χ0v) is 14.6. The molecule has 5 heteroatoms. The van der Waals surface area contributed by atoms with Crippen LogP contribution in [0.4, 0.5) is 0 Å². The fraction of sp³-hybridized carbons (Fsp3) is 0.350. The Bertz CT molecular complexity index is 900. The lowest BCUT2D eigenvalue weighted by molar-refractivity contribution is -0.162. The van der Waals surface area contributed by atoms with E-state index >= 15 is 0 Å². The number of fused-ring (bicyclic) bond motifs is 3. The van der Waals surface area contributed by atoms with E-state index in [1.807, 2.05) is 67.0 Å². The second-order valence-electron chi connectivity index (χ2n) is 6.51. The number of methoxy groups -OCH3 is 1. The molecule has 0 fully saturated rings. The van der Waals surface area contributed by atoms with Crippen molar-refractivity contribution < 1.29 is 14.6 Å². The minimum atomic E-state index is -0.838. The van der Waals surface area contributed by atoms with Gasteiger partial charge in [-0.25, -0.2) is 4.98 Å². The van der Waals surface area contributed by atoms with Gasteiger partial charge in [0.25, 0.3) is 0 Å². The van der Waals surface area contributed by atoms with Crippen molar-refractivity contribution >= 4 is 5.65 Å².